The maximum atomic E-state index is 12.9. The normalized spacial score (nSPS) is 23.4. The zero-order chi connectivity index (χ0) is 16.5. The third kappa shape index (κ3) is 4.00. The molecule has 2 rings (SSSR count). The van der Waals surface area contributed by atoms with E-state index >= 15 is 0 Å². The highest BCUT2D eigenvalue weighted by atomic mass is 19.4. The Hall–Kier alpha value is -1.57. The van der Waals surface area contributed by atoms with Crippen molar-refractivity contribution < 1.29 is 22.7 Å². The second-order valence-electron chi connectivity index (χ2n) is 6.42. The van der Waals surface area contributed by atoms with Crippen molar-refractivity contribution in [2.45, 2.75) is 51.4 Å². The number of carbonyl (C=O) groups is 1. The fourth-order valence-electron chi connectivity index (χ4n) is 2.48. The van der Waals surface area contributed by atoms with Crippen LogP contribution in [0.15, 0.2) is 12.3 Å². The first-order chi connectivity index (χ1) is 10.1. The first kappa shape index (κ1) is 16.8. The molecule has 0 spiro atoms. The van der Waals surface area contributed by atoms with Gasteiger partial charge in [0.2, 0.25) is 0 Å². The molecule has 1 saturated heterocycles. The molecule has 2 atom stereocenters. The summed E-state index contributed by atoms with van der Waals surface area (Å²) in [5.74, 6) is -1.37. The van der Waals surface area contributed by atoms with Gasteiger partial charge < -0.3 is 10.1 Å². The first-order valence-corrected chi connectivity index (χ1v) is 7.15. The van der Waals surface area contributed by atoms with E-state index < -0.39 is 29.8 Å². The highest BCUT2D eigenvalue weighted by Gasteiger charge is 2.43. The van der Waals surface area contributed by atoms with Crippen LogP contribution in [0.25, 0.3) is 0 Å². The summed E-state index contributed by atoms with van der Waals surface area (Å²) < 4.78 is 44.9. The van der Waals surface area contributed by atoms with Gasteiger partial charge in [-0.2, -0.15) is 23.0 Å². The molecule has 0 aromatic carbocycles. The lowest BCUT2D eigenvalue weighted by molar-refractivity contribution is -0.183. The van der Waals surface area contributed by atoms with E-state index in [1.807, 2.05) is 0 Å². The van der Waals surface area contributed by atoms with Gasteiger partial charge in [-0.15, -0.1) is 0 Å². The molecule has 1 aromatic heterocycles. The molecule has 124 valence electrons. The monoisotopic (exact) mass is 319 g/mol. The van der Waals surface area contributed by atoms with E-state index in [0.29, 0.717) is 5.69 Å². The summed E-state index contributed by atoms with van der Waals surface area (Å²) in [6.07, 6.45) is -3.60. The van der Waals surface area contributed by atoms with Gasteiger partial charge in [0, 0.05) is 6.20 Å². The van der Waals surface area contributed by atoms with Gasteiger partial charge in [-0.05, 0) is 46.2 Å². The molecule has 1 aliphatic heterocycles. The lowest BCUT2D eigenvalue weighted by Gasteiger charge is -2.31. The quantitative estimate of drug-likeness (QED) is 0.863. The van der Waals surface area contributed by atoms with Crippen molar-refractivity contribution in [3.63, 3.8) is 0 Å². The van der Waals surface area contributed by atoms with E-state index in [-0.39, 0.29) is 19.4 Å². The molecule has 0 bridgehead atoms. The SMILES string of the molecule is CC(C)(C)OC(=O)n1nccc1C1CC(C(F)(F)F)CCN1. The van der Waals surface area contributed by atoms with Gasteiger partial charge in [0.25, 0.3) is 0 Å². The fourth-order valence-corrected chi connectivity index (χ4v) is 2.48. The van der Waals surface area contributed by atoms with Gasteiger partial charge in [-0.1, -0.05) is 0 Å². The number of hydrogen-bond acceptors (Lipinski definition) is 4. The zero-order valence-corrected chi connectivity index (χ0v) is 12.8. The second kappa shape index (κ2) is 5.91. The van der Waals surface area contributed by atoms with Crippen LogP contribution < -0.4 is 5.32 Å². The molecule has 1 aliphatic rings. The summed E-state index contributed by atoms with van der Waals surface area (Å²) in [5.41, 5.74) is -0.308. The van der Waals surface area contributed by atoms with Crippen LogP contribution in [0, 0.1) is 5.92 Å². The third-order valence-corrected chi connectivity index (χ3v) is 3.46. The minimum atomic E-state index is -4.23. The predicted octanol–water partition coefficient (Wildman–Crippen LogP) is 3.27. The highest BCUT2D eigenvalue weighted by molar-refractivity contribution is 5.70. The van der Waals surface area contributed by atoms with Crippen LogP contribution in [0.2, 0.25) is 0 Å². The molecule has 1 fully saturated rings. The summed E-state index contributed by atoms with van der Waals surface area (Å²) >= 11 is 0. The smallest absolute Gasteiger partial charge is 0.435 e. The molecule has 0 saturated carbocycles. The Labute approximate surface area is 126 Å². The van der Waals surface area contributed by atoms with E-state index in [1.165, 1.54) is 6.20 Å². The standard InChI is InChI=1S/C14H20F3N3O2/c1-13(2,3)22-12(21)20-11(5-7-19-20)10-8-9(4-6-18-10)14(15,16)17/h5,7,9-10,18H,4,6,8H2,1-3H3. The Morgan fingerprint density at radius 3 is 2.68 bits per heavy atom. The van der Waals surface area contributed by atoms with Crippen molar-refractivity contribution in [1.29, 1.82) is 0 Å². The van der Waals surface area contributed by atoms with Crippen LogP contribution >= 0.6 is 0 Å². The van der Waals surface area contributed by atoms with Crippen LogP contribution in [-0.4, -0.2) is 34.2 Å². The number of piperidine rings is 1. The molecular formula is C14H20F3N3O2. The number of alkyl halides is 3. The molecule has 2 heterocycles. The predicted molar refractivity (Wildman–Crippen MR) is 73.4 cm³/mol. The van der Waals surface area contributed by atoms with Crippen molar-refractivity contribution in [3.8, 4) is 0 Å². The molecule has 1 N–H and O–H groups in total. The third-order valence-electron chi connectivity index (χ3n) is 3.46. The Morgan fingerprint density at radius 2 is 2.09 bits per heavy atom. The first-order valence-electron chi connectivity index (χ1n) is 7.15. The van der Waals surface area contributed by atoms with Crippen LogP contribution in [-0.2, 0) is 4.74 Å². The Balaban J connectivity index is 2.17. The molecule has 0 radical (unpaired) electrons. The van der Waals surface area contributed by atoms with Gasteiger partial charge in [-0.3, -0.25) is 0 Å². The highest BCUT2D eigenvalue weighted by Crippen LogP contribution is 2.38. The van der Waals surface area contributed by atoms with E-state index in [1.54, 1.807) is 26.8 Å². The van der Waals surface area contributed by atoms with Gasteiger partial charge in [0.1, 0.15) is 5.60 Å². The number of ether oxygens (including phenoxy) is 1. The van der Waals surface area contributed by atoms with Gasteiger partial charge in [0.05, 0.1) is 17.7 Å². The molecule has 0 amide bonds. The summed E-state index contributed by atoms with van der Waals surface area (Å²) in [5, 5.41) is 6.90. The molecular weight excluding hydrogens is 299 g/mol. The fraction of sp³-hybridized carbons (Fsp3) is 0.714. The number of carbonyl (C=O) groups excluding carboxylic acids is 1. The maximum absolute atomic E-state index is 12.9. The Kier molecular flexibility index (Phi) is 4.51. The van der Waals surface area contributed by atoms with Crippen LogP contribution in [0.4, 0.5) is 18.0 Å². The minimum absolute atomic E-state index is 0.0422. The van der Waals surface area contributed by atoms with Crippen molar-refractivity contribution in [1.82, 2.24) is 15.1 Å². The van der Waals surface area contributed by atoms with Crippen LogP contribution in [0.1, 0.15) is 45.3 Å². The Morgan fingerprint density at radius 1 is 1.41 bits per heavy atom. The van der Waals surface area contributed by atoms with Crippen molar-refractivity contribution >= 4 is 6.09 Å². The number of nitrogens with one attached hydrogen (secondary N) is 1. The van der Waals surface area contributed by atoms with E-state index in [4.69, 9.17) is 4.74 Å². The second-order valence-corrected chi connectivity index (χ2v) is 6.42. The zero-order valence-electron chi connectivity index (χ0n) is 12.8. The van der Waals surface area contributed by atoms with Gasteiger partial charge in [0.15, 0.2) is 0 Å². The summed E-state index contributed by atoms with van der Waals surface area (Å²) in [6, 6.07) is 0.968. The summed E-state index contributed by atoms with van der Waals surface area (Å²) in [6.45, 7) is 5.39. The maximum Gasteiger partial charge on any atom is 0.435 e. The molecule has 5 nitrogen and oxygen atoms in total. The summed E-state index contributed by atoms with van der Waals surface area (Å²) in [4.78, 5) is 12.1. The summed E-state index contributed by atoms with van der Waals surface area (Å²) in [7, 11) is 0. The van der Waals surface area contributed by atoms with Gasteiger partial charge >= 0.3 is 12.3 Å². The number of rotatable bonds is 1. The van der Waals surface area contributed by atoms with Gasteiger partial charge in [-0.25, -0.2) is 4.79 Å². The minimum Gasteiger partial charge on any atom is -0.442 e. The number of halogens is 3. The van der Waals surface area contributed by atoms with Crippen LogP contribution in [0.3, 0.4) is 0 Å². The topological polar surface area (TPSA) is 56.2 Å². The lowest BCUT2D eigenvalue weighted by Crippen LogP contribution is -2.39. The number of hydrogen-bond donors (Lipinski definition) is 1. The Bertz CT molecular complexity index is 534. The van der Waals surface area contributed by atoms with E-state index in [9.17, 15) is 18.0 Å². The van der Waals surface area contributed by atoms with E-state index in [0.717, 1.165) is 4.68 Å². The van der Waals surface area contributed by atoms with Crippen molar-refractivity contribution in [2.75, 3.05) is 6.54 Å². The molecule has 8 heteroatoms. The lowest BCUT2D eigenvalue weighted by atomic mass is 9.90. The van der Waals surface area contributed by atoms with E-state index in [2.05, 4.69) is 10.4 Å². The average Bonchev–Trinajstić information content (AvgIpc) is 2.85. The molecule has 2 unspecified atom stereocenters. The molecule has 22 heavy (non-hydrogen) atoms. The average molecular weight is 319 g/mol. The number of aromatic nitrogens is 2. The van der Waals surface area contributed by atoms with Crippen LogP contribution in [0.5, 0.6) is 0 Å². The molecule has 0 aliphatic carbocycles. The number of nitrogens with zero attached hydrogens (tertiary/aromatic N) is 2. The largest absolute Gasteiger partial charge is 0.442 e. The molecule has 1 aromatic rings. The van der Waals surface area contributed by atoms with Crippen molar-refractivity contribution in [3.05, 3.63) is 18.0 Å². The van der Waals surface area contributed by atoms with Crippen molar-refractivity contribution in [2.24, 2.45) is 5.92 Å².